The molecule has 154 valence electrons. The second kappa shape index (κ2) is 8.46. The minimum absolute atomic E-state index is 0.0725. The van der Waals surface area contributed by atoms with Crippen molar-refractivity contribution in [3.05, 3.63) is 64.0 Å². The lowest BCUT2D eigenvalue weighted by molar-refractivity contribution is -0.130. The van der Waals surface area contributed by atoms with Gasteiger partial charge in [-0.3, -0.25) is 19.7 Å². The number of anilines is 1. The third-order valence-corrected chi connectivity index (χ3v) is 5.60. The van der Waals surface area contributed by atoms with Crippen LogP contribution in [-0.2, 0) is 17.8 Å². The highest BCUT2D eigenvalue weighted by atomic mass is 32.1. The molecule has 10 heteroatoms. The molecular weight excluding hydrogens is 406 g/mol. The number of nitrogens with one attached hydrogen (secondary N) is 2. The summed E-state index contributed by atoms with van der Waals surface area (Å²) in [5.74, 6) is -0.295. The van der Waals surface area contributed by atoms with E-state index in [1.54, 1.807) is 42.2 Å². The van der Waals surface area contributed by atoms with Gasteiger partial charge in [0.15, 0.2) is 10.8 Å². The Labute approximate surface area is 176 Å². The average molecular weight is 425 g/mol. The number of aryl methyl sites for hydroxylation is 1. The number of rotatable bonds is 5. The van der Waals surface area contributed by atoms with Gasteiger partial charge in [-0.1, -0.05) is 34.7 Å². The van der Waals surface area contributed by atoms with Crippen LogP contribution in [0.25, 0.3) is 0 Å². The molecule has 1 aromatic carbocycles. The molecule has 3 amide bonds. The first-order valence-electron chi connectivity index (χ1n) is 9.34. The predicted octanol–water partition coefficient (Wildman–Crippen LogP) is 2.01. The topological polar surface area (TPSA) is 117 Å². The molecule has 0 aliphatic carbocycles. The van der Waals surface area contributed by atoms with Crippen LogP contribution in [0.2, 0.25) is 0 Å². The number of hydrogen-bond donors (Lipinski definition) is 2. The van der Waals surface area contributed by atoms with Gasteiger partial charge >= 0.3 is 0 Å². The van der Waals surface area contributed by atoms with E-state index in [-0.39, 0.29) is 24.1 Å². The number of amides is 3. The first-order chi connectivity index (χ1) is 14.5. The van der Waals surface area contributed by atoms with Gasteiger partial charge in [-0.05, 0) is 19.1 Å². The Morgan fingerprint density at radius 1 is 1.20 bits per heavy atom. The Morgan fingerprint density at radius 2 is 2.00 bits per heavy atom. The second-order valence-corrected chi connectivity index (χ2v) is 7.86. The third kappa shape index (κ3) is 4.38. The van der Waals surface area contributed by atoms with Gasteiger partial charge in [-0.2, -0.15) is 0 Å². The van der Waals surface area contributed by atoms with Gasteiger partial charge in [0.25, 0.3) is 11.8 Å². The minimum Gasteiger partial charge on any atom is -0.361 e. The molecule has 0 spiro atoms. The van der Waals surface area contributed by atoms with Gasteiger partial charge in [0, 0.05) is 29.5 Å². The molecule has 0 saturated heterocycles. The summed E-state index contributed by atoms with van der Waals surface area (Å²) in [5, 5.41) is 9.52. The first kappa shape index (κ1) is 19.8. The molecule has 30 heavy (non-hydrogen) atoms. The van der Waals surface area contributed by atoms with Crippen LogP contribution in [0.5, 0.6) is 0 Å². The molecule has 3 heterocycles. The summed E-state index contributed by atoms with van der Waals surface area (Å²) in [6.45, 7) is 2.54. The summed E-state index contributed by atoms with van der Waals surface area (Å²) in [6.07, 6.45) is 0.586. The maximum Gasteiger partial charge on any atom is 0.279 e. The van der Waals surface area contributed by atoms with Gasteiger partial charge in [-0.25, -0.2) is 4.98 Å². The summed E-state index contributed by atoms with van der Waals surface area (Å²) >= 11 is 1.32. The van der Waals surface area contributed by atoms with E-state index < -0.39 is 5.91 Å². The lowest BCUT2D eigenvalue weighted by Crippen LogP contribution is -2.42. The number of thiazole rings is 1. The Morgan fingerprint density at radius 3 is 2.73 bits per heavy atom. The van der Waals surface area contributed by atoms with Crippen molar-refractivity contribution in [3.63, 3.8) is 0 Å². The largest absolute Gasteiger partial charge is 0.361 e. The van der Waals surface area contributed by atoms with E-state index in [4.69, 9.17) is 4.52 Å². The highest BCUT2D eigenvalue weighted by Gasteiger charge is 2.25. The summed E-state index contributed by atoms with van der Waals surface area (Å²) in [7, 11) is 0. The van der Waals surface area contributed by atoms with Crippen LogP contribution in [-0.4, -0.2) is 45.9 Å². The number of fused-ring (bicyclic) bond motifs is 1. The van der Waals surface area contributed by atoms with Crippen LogP contribution in [0.3, 0.4) is 0 Å². The van der Waals surface area contributed by atoms with Crippen LogP contribution in [0.15, 0.2) is 40.9 Å². The molecule has 0 radical (unpaired) electrons. The van der Waals surface area contributed by atoms with Crippen LogP contribution in [0, 0.1) is 6.92 Å². The highest BCUT2D eigenvalue weighted by molar-refractivity contribution is 7.15. The van der Waals surface area contributed by atoms with Crippen molar-refractivity contribution in [2.24, 2.45) is 0 Å². The van der Waals surface area contributed by atoms with Crippen molar-refractivity contribution < 1.29 is 18.9 Å². The summed E-state index contributed by atoms with van der Waals surface area (Å²) in [6, 6.07) is 10.3. The zero-order valence-electron chi connectivity index (χ0n) is 16.2. The Balaban J connectivity index is 1.33. The van der Waals surface area contributed by atoms with E-state index in [0.717, 1.165) is 10.6 Å². The normalized spacial score (nSPS) is 12.9. The SMILES string of the molecule is Cc1cc(C(=O)Nc2nc3c(s2)CN(C(=O)CNC(=O)c2ccccc2)CC3)no1. The second-order valence-electron chi connectivity index (χ2n) is 6.78. The lowest BCUT2D eigenvalue weighted by atomic mass is 10.2. The fraction of sp³-hybridized carbons (Fsp3) is 0.250. The first-order valence-corrected chi connectivity index (χ1v) is 10.2. The van der Waals surface area contributed by atoms with Crippen molar-refractivity contribution in [1.82, 2.24) is 20.4 Å². The molecule has 0 fully saturated rings. The number of hydrogen-bond acceptors (Lipinski definition) is 7. The Hall–Kier alpha value is -3.53. The van der Waals surface area contributed by atoms with E-state index in [9.17, 15) is 14.4 Å². The molecule has 2 aromatic heterocycles. The predicted molar refractivity (Wildman–Crippen MR) is 109 cm³/mol. The van der Waals surface area contributed by atoms with Crippen LogP contribution in [0.4, 0.5) is 5.13 Å². The summed E-state index contributed by atoms with van der Waals surface area (Å²) in [4.78, 5) is 43.9. The number of carbonyl (C=O) groups is 3. The quantitative estimate of drug-likeness (QED) is 0.646. The molecule has 4 rings (SSSR count). The maximum atomic E-state index is 12.5. The monoisotopic (exact) mass is 425 g/mol. The number of carbonyl (C=O) groups excluding carboxylic acids is 3. The molecule has 2 N–H and O–H groups in total. The van der Waals surface area contributed by atoms with E-state index in [1.807, 2.05) is 6.07 Å². The van der Waals surface area contributed by atoms with E-state index >= 15 is 0 Å². The van der Waals surface area contributed by atoms with Gasteiger partial charge < -0.3 is 14.7 Å². The molecular formula is C20H19N5O4S. The summed E-state index contributed by atoms with van der Waals surface area (Å²) in [5.41, 5.74) is 1.56. The van der Waals surface area contributed by atoms with E-state index in [1.165, 1.54) is 11.3 Å². The standard InChI is InChI=1S/C20H19N5O4S/c1-12-9-15(24-29-12)19(28)23-20-22-14-7-8-25(11-16(14)30-20)17(26)10-21-18(27)13-5-3-2-4-6-13/h2-6,9H,7-8,10-11H2,1H3,(H,21,27)(H,22,23,28). The van der Waals surface area contributed by atoms with Crippen LogP contribution < -0.4 is 10.6 Å². The van der Waals surface area contributed by atoms with Crippen molar-refractivity contribution in [3.8, 4) is 0 Å². The van der Waals surface area contributed by atoms with Crippen molar-refractivity contribution >= 4 is 34.2 Å². The Bertz CT molecular complexity index is 1090. The molecule has 0 bridgehead atoms. The molecule has 9 nitrogen and oxygen atoms in total. The van der Waals surface area contributed by atoms with E-state index in [2.05, 4.69) is 20.8 Å². The molecule has 0 atom stereocenters. The number of nitrogens with zero attached hydrogens (tertiary/aromatic N) is 3. The molecule has 3 aromatic rings. The summed E-state index contributed by atoms with van der Waals surface area (Å²) < 4.78 is 4.91. The minimum atomic E-state index is -0.394. The van der Waals surface area contributed by atoms with Gasteiger partial charge in [0.1, 0.15) is 5.76 Å². The van der Waals surface area contributed by atoms with Crippen LogP contribution >= 0.6 is 11.3 Å². The van der Waals surface area contributed by atoms with Crippen molar-refractivity contribution in [2.75, 3.05) is 18.4 Å². The van der Waals surface area contributed by atoms with Crippen molar-refractivity contribution in [2.45, 2.75) is 19.9 Å². The third-order valence-electron chi connectivity index (χ3n) is 4.60. The average Bonchev–Trinajstić information content (AvgIpc) is 3.37. The highest BCUT2D eigenvalue weighted by Crippen LogP contribution is 2.28. The van der Waals surface area contributed by atoms with Gasteiger partial charge in [-0.15, -0.1) is 0 Å². The molecule has 0 unspecified atom stereocenters. The molecule has 0 saturated carbocycles. The van der Waals surface area contributed by atoms with Gasteiger partial charge in [0.2, 0.25) is 5.91 Å². The lowest BCUT2D eigenvalue weighted by Gasteiger charge is -2.26. The van der Waals surface area contributed by atoms with Crippen molar-refractivity contribution in [1.29, 1.82) is 0 Å². The fourth-order valence-electron chi connectivity index (χ4n) is 3.06. The number of benzene rings is 1. The Kier molecular flexibility index (Phi) is 5.57. The number of aromatic nitrogens is 2. The van der Waals surface area contributed by atoms with Crippen LogP contribution in [0.1, 0.15) is 37.2 Å². The van der Waals surface area contributed by atoms with Gasteiger partial charge in [0.05, 0.1) is 18.8 Å². The zero-order valence-corrected chi connectivity index (χ0v) is 17.0. The fourth-order valence-corrected chi connectivity index (χ4v) is 4.07. The smallest absolute Gasteiger partial charge is 0.279 e. The van der Waals surface area contributed by atoms with E-state index in [0.29, 0.717) is 36.0 Å². The molecule has 1 aliphatic heterocycles. The zero-order chi connectivity index (χ0) is 21.1. The maximum absolute atomic E-state index is 12.5. The molecule has 1 aliphatic rings.